The summed E-state index contributed by atoms with van der Waals surface area (Å²) in [5.74, 6) is 1.01. The predicted octanol–water partition coefficient (Wildman–Crippen LogP) is 4.81. The Morgan fingerprint density at radius 2 is 1.81 bits per heavy atom. The van der Waals surface area contributed by atoms with Crippen LogP contribution < -0.4 is 10.1 Å². The summed E-state index contributed by atoms with van der Waals surface area (Å²) in [4.78, 5) is 0. The Kier molecular flexibility index (Phi) is 4.63. The Balaban J connectivity index is 2.17. The van der Waals surface area contributed by atoms with Crippen molar-refractivity contribution in [3.63, 3.8) is 0 Å². The first-order valence-electron chi connectivity index (χ1n) is 7.12. The lowest BCUT2D eigenvalue weighted by molar-refractivity contribution is 0.413. The fourth-order valence-corrected chi connectivity index (χ4v) is 1.87. The minimum Gasteiger partial charge on any atom is -0.457 e. The van der Waals surface area contributed by atoms with E-state index >= 15 is 0 Å². The highest BCUT2D eigenvalue weighted by atomic mass is 19.1. The zero-order valence-electron chi connectivity index (χ0n) is 13.0. The van der Waals surface area contributed by atoms with Crippen molar-refractivity contribution >= 4 is 0 Å². The molecule has 3 heteroatoms. The van der Waals surface area contributed by atoms with Gasteiger partial charge in [-0.25, -0.2) is 4.39 Å². The molecule has 21 heavy (non-hydrogen) atoms. The summed E-state index contributed by atoms with van der Waals surface area (Å²) in [5.41, 5.74) is 1.70. The number of halogens is 1. The number of ether oxygens (including phenoxy) is 1. The van der Waals surface area contributed by atoms with Crippen LogP contribution in [0.5, 0.6) is 11.5 Å². The quantitative estimate of drug-likeness (QED) is 0.871. The number of aryl methyl sites for hydroxylation is 1. The lowest BCUT2D eigenvalue weighted by Crippen LogP contribution is -2.35. The number of nitrogens with one attached hydrogen (secondary N) is 1. The Morgan fingerprint density at radius 1 is 1.10 bits per heavy atom. The van der Waals surface area contributed by atoms with Gasteiger partial charge in [-0.2, -0.15) is 0 Å². The van der Waals surface area contributed by atoms with E-state index in [1.165, 1.54) is 6.07 Å². The van der Waals surface area contributed by atoms with Crippen molar-refractivity contribution in [3.8, 4) is 11.5 Å². The molecule has 0 bridgehead atoms. The van der Waals surface area contributed by atoms with E-state index in [0.29, 0.717) is 17.9 Å². The number of hydrogen-bond donors (Lipinski definition) is 1. The largest absolute Gasteiger partial charge is 0.457 e. The Hall–Kier alpha value is -1.87. The average molecular weight is 287 g/mol. The molecule has 1 N–H and O–H groups in total. The highest BCUT2D eigenvalue weighted by molar-refractivity contribution is 5.38. The lowest BCUT2D eigenvalue weighted by atomic mass is 10.1. The third-order valence-electron chi connectivity index (χ3n) is 3.15. The maximum Gasteiger partial charge on any atom is 0.131 e. The van der Waals surface area contributed by atoms with E-state index in [0.717, 1.165) is 11.3 Å². The molecule has 0 atom stereocenters. The summed E-state index contributed by atoms with van der Waals surface area (Å²) < 4.78 is 19.4. The van der Waals surface area contributed by atoms with Crippen molar-refractivity contribution < 1.29 is 9.13 Å². The van der Waals surface area contributed by atoms with Gasteiger partial charge in [0.05, 0.1) is 0 Å². The molecular formula is C18H22FNO. The third-order valence-corrected chi connectivity index (χ3v) is 3.15. The van der Waals surface area contributed by atoms with E-state index in [1.54, 1.807) is 19.1 Å². The van der Waals surface area contributed by atoms with Crippen molar-refractivity contribution in [1.29, 1.82) is 0 Å². The van der Waals surface area contributed by atoms with Gasteiger partial charge >= 0.3 is 0 Å². The highest BCUT2D eigenvalue weighted by Gasteiger charge is 2.11. The fraction of sp³-hybridized carbons (Fsp3) is 0.333. The number of rotatable bonds is 4. The van der Waals surface area contributed by atoms with Crippen LogP contribution in [0.25, 0.3) is 0 Å². The molecule has 0 fully saturated rings. The molecule has 0 saturated carbocycles. The van der Waals surface area contributed by atoms with E-state index in [1.807, 2.05) is 24.3 Å². The molecule has 0 aliphatic heterocycles. The van der Waals surface area contributed by atoms with Crippen molar-refractivity contribution in [3.05, 3.63) is 59.4 Å². The smallest absolute Gasteiger partial charge is 0.131 e. The molecule has 0 unspecified atom stereocenters. The van der Waals surface area contributed by atoms with E-state index in [9.17, 15) is 4.39 Å². The zero-order valence-corrected chi connectivity index (χ0v) is 13.0. The first-order valence-corrected chi connectivity index (χ1v) is 7.12. The summed E-state index contributed by atoms with van der Waals surface area (Å²) in [6.45, 7) is 8.79. The fourth-order valence-electron chi connectivity index (χ4n) is 1.87. The van der Waals surface area contributed by atoms with Crippen LogP contribution >= 0.6 is 0 Å². The predicted molar refractivity (Wildman–Crippen MR) is 84.2 cm³/mol. The molecule has 0 radical (unpaired) electrons. The standard InChI is InChI=1S/C18H22FNO/c1-13-9-10-15(11-16(13)19)21-17-8-6-5-7-14(17)12-20-18(2,3)4/h5-11,20H,12H2,1-4H3. The van der Waals surface area contributed by atoms with Crippen LogP contribution in [0, 0.1) is 12.7 Å². The van der Waals surface area contributed by atoms with Crippen LogP contribution in [0.1, 0.15) is 31.9 Å². The highest BCUT2D eigenvalue weighted by Crippen LogP contribution is 2.26. The van der Waals surface area contributed by atoms with Crippen LogP contribution in [-0.2, 0) is 6.54 Å². The van der Waals surface area contributed by atoms with E-state index in [-0.39, 0.29) is 11.4 Å². The number of hydrogen-bond acceptors (Lipinski definition) is 2. The molecule has 112 valence electrons. The summed E-state index contributed by atoms with van der Waals surface area (Å²) in [5, 5.41) is 3.43. The van der Waals surface area contributed by atoms with Crippen molar-refractivity contribution in [2.24, 2.45) is 0 Å². The first kappa shape index (κ1) is 15.5. The Bertz CT molecular complexity index is 617. The van der Waals surface area contributed by atoms with Gasteiger partial charge in [0, 0.05) is 23.7 Å². The van der Waals surface area contributed by atoms with E-state index in [4.69, 9.17) is 4.74 Å². The number of benzene rings is 2. The van der Waals surface area contributed by atoms with Crippen LogP contribution in [0.15, 0.2) is 42.5 Å². The molecule has 0 aliphatic rings. The van der Waals surface area contributed by atoms with E-state index in [2.05, 4.69) is 26.1 Å². The zero-order chi connectivity index (χ0) is 15.5. The van der Waals surface area contributed by atoms with Crippen LogP contribution in [-0.4, -0.2) is 5.54 Å². The SMILES string of the molecule is Cc1ccc(Oc2ccccc2CNC(C)(C)C)cc1F. The maximum absolute atomic E-state index is 13.6. The van der Waals surface area contributed by atoms with Gasteiger partial charge in [0.1, 0.15) is 17.3 Å². The van der Waals surface area contributed by atoms with Gasteiger partial charge in [0.25, 0.3) is 0 Å². The average Bonchev–Trinajstić information content (AvgIpc) is 2.41. The molecule has 2 rings (SSSR count). The molecule has 2 nitrogen and oxygen atoms in total. The molecule has 0 amide bonds. The topological polar surface area (TPSA) is 21.3 Å². The normalized spacial score (nSPS) is 11.5. The Labute approximate surface area is 126 Å². The molecule has 2 aromatic rings. The van der Waals surface area contributed by atoms with Gasteiger partial charge in [-0.3, -0.25) is 0 Å². The molecule has 0 saturated heterocycles. The molecular weight excluding hydrogens is 265 g/mol. The maximum atomic E-state index is 13.6. The molecule has 0 heterocycles. The summed E-state index contributed by atoms with van der Waals surface area (Å²) in [6.07, 6.45) is 0. The summed E-state index contributed by atoms with van der Waals surface area (Å²) in [6, 6.07) is 12.7. The minimum atomic E-state index is -0.252. The molecule has 0 spiro atoms. The van der Waals surface area contributed by atoms with Gasteiger partial charge in [-0.05, 0) is 45.4 Å². The second-order valence-corrected chi connectivity index (χ2v) is 6.22. The lowest BCUT2D eigenvalue weighted by Gasteiger charge is -2.21. The van der Waals surface area contributed by atoms with Gasteiger partial charge in [-0.15, -0.1) is 0 Å². The van der Waals surface area contributed by atoms with Gasteiger partial charge in [0.15, 0.2) is 0 Å². The third kappa shape index (κ3) is 4.57. The van der Waals surface area contributed by atoms with Crippen LogP contribution in [0.3, 0.4) is 0 Å². The van der Waals surface area contributed by atoms with Gasteiger partial charge in [-0.1, -0.05) is 24.3 Å². The molecule has 0 aliphatic carbocycles. The monoisotopic (exact) mass is 287 g/mol. The van der Waals surface area contributed by atoms with Crippen LogP contribution in [0.4, 0.5) is 4.39 Å². The minimum absolute atomic E-state index is 0.0308. The van der Waals surface area contributed by atoms with Crippen molar-refractivity contribution in [2.75, 3.05) is 0 Å². The summed E-state index contributed by atoms with van der Waals surface area (Å²) >= 11 is 0. The second kappa shape index (κ2) is 6.27. The van der Waals surface area contributed by atoms with Crippen LogP contribution in [0.2, 0.25) is 0 Å². The molecule has 2 aromatic carbocycles. The van der Waals surface area contributed by atoms with E-state index < -0.39 is 0 Å². The van der Waals surface area contributed by atoms with Crippen molar-refractivity contribution in [2.45, 2.75) is 39.8 Å². The Morgan fingerprint density at radius 3 is 2.48 bits per heavy atom. The number of para-hydroxylation sites is 1. The summed E-state index contributed by atoms with van der Waals surface area (Å²) in [7, 11) is 0. The van der Waals surface area contributed by atoms with Crippen molar-refractivity contribution in [1.82, 2.24) is 5.32 Å². The molecule has 0 aromatic heterocycles. The van der Waals surface area contributed by atoms with Gasteiger partial charge in [0.2, 0.25) is 0 Å². The van der Waals surface area contributed by atoms with Gasteiger partial charge < -0.3 is 10.1 Å². The first-order chi connectivity index (χ1) is 9.85. The second-order valence-electron chi connectivity index (χ2n) is 6.22.